The molecule has 0 bridgehead atoms. The molecule has 0 spiro atoms. The van der Waals surface area contributed by atoms with Gasteiger partial charge < -0.3 is 20.0 Å². The zero-order chi connectivity index (χ0) is 27.1. The Morgan fingerprint density at radius 1 is 0.541 bits per heavy atom. The number of benzene rings is 4. The number of hydrogen-bond acceptors (Lipinski definition) is 6. The summed E-state index contributed by atoms with van der Waals surface area (Å²) in [7, 11) is 6.75. The quantitative estimate of drug-likeness (QED) is 0.363. The third-order valence-corrected chi connectivity index (χ3v) is 4.52. The summed E-state index contributed by atoms with van der Waals surface area (Å²) in [6, 6.07) is 21.0. The van der Waals surface area contributed by atoms with Gasteiger partial charge in [0.1, 0.15) is 12.6 Å². The molecule has 195 valence electrons. The van der Waals surface area contributed by atoms with E-state index in [1.165, 1.54) is 21.9 Å². The minimum Gasteiger partial charge on any atom is -0.872 e. The van der Waals surface area contributed by atoms with Crippen molar-refractivity contribution in [2.75, 3.05) is 28.2 Å². The van der Waals surface area contributed by atoms with Crippen molar-refractivity contribution >= 4 is 46.9 Å². The Morgan fingerprint density at radius 2 is 0.838 bits per heavy atom. The number of carbonyl (C=O) groups excluding carboxylic acids is 4. The molecule has 0 aliphatic rings. The van der Waals surface area contributed by atoms with Crippen molar-refractivity contribution in [1.29, 1.82) is 0 Å². The van der Waals surface area contributed by atoms with E-state index in [4.69, 9.17) is 0 Å². The van der Waals surface area contributed by atoms with E-state index in [0.29, 0.717) is 12.6 Å². The number of carbonyl (C=O) groups is 4. The number of aldehydes is 2. The van der Waals surface area contributed by atoms with Crippen LogP contribution in [0, 0.1) is 0 Å². The van der Waals surface area contributed by atoms with Crippen LogP contribution in [0.15, 0.2) is 72.8 Å². The first-order valence-electron chi connectivity index (χ1n) is 10.7. The van der Waals surface area contributed by atoms with Gasteiger partial charge in [0.05, 0.1) is 0 Å². The molecule has 4 aromatic carbocycles. The fourth-order valence-electron chi connectivity index (χ4n) is 2.79. The average Bonchev–Trinajstić information content (AvgIpc) is 2.89. The second kappa shape index (κ2) is 17.3. The predicted molar refractivity (Wildman–Crippen MR) is 137 cm³/mol. The fourth-order valence-corrected chi connectivity index (χ4v) is 2.79. The minimum absolute atomic E-state index is 0. The topological polar surface area (TPSA) is 121 Å². The molecule has 0 atom stereocenters. The van der Waals surface area contributed by atoms with Gasteiger partial charge in [-0.3, -0.25) is 19.2 Å². The Morgan fingerprint density at radius 3 is 1.11 bits per heavy atom. The van der Waals surface area contributed by atoms with E-state index in [0.717, 1.165) is 34.4 Å². The molecule has 4 aromatic rings. The summed E-state index contributed by atoms with van der Waals surface area (Å²) in [4.78, 5) is 43.0. The predicted octanol–water partition coefficient (Wildman–Crippen LogP) is 2.86. The first kappa shape index (κ1) is 32.8. The smallest absolute Gasteiger partial charge is 0.872 e. The average molecular weight is 547 g/mol. The SMILES string of the molecule is CN(C)C=O.CN(C)C=O.O=Cc1c([O-])ccc2ccccc12.O=Cc1c([O-])ccc2ccccc12.[Co+2]. The maximum Gasteiger partial charge on any atom is 2.00 e. The summed E-state index contributed by atoms with van der Waals surface area (Å²) in [5, 5.41) is 25.8. The van der Waals surface area contributed by atoms with E-state index >= 15 is 0 Å². The molecular weight excluding hydrogens is 519 g/mol. The summed E-state index contributed by atoms with van der Waals surface area (Å²) >= 11 is 0. The van der Waals surface area contributed by atoms with Gasteiger partial charge in [-0.1, -0.05) is 84.3 Å². The molecule has 9 heteroatoms. The first-order chi connectivity index (χ1) is 17.2. The minimum atomic E-state index is -0.214. The van der Waals surface area contributed by atoms with Crippen LogP contribution in [0.25, 0.3) is 21.5 Å². The summed E-state index contributed by atoms with van der Waals surface area (Å²) in [5.41, 5.74) is 0.496. The number of rotatable bonds is 4. The van der Waals surface area contributed by atoms with Crippen molar-refractivity contribution in [2.45, 2.75) is 0 Å². The fraction of sp³-hybridized carbons (Fsp3) is 0.143. The normalized spacial score (nSPS) is 8.97. The van der Waals surface area contributed by atoms with Gasteiger partial charge in [0.25, 0.3) is 0 Å². The van der Waals surface area contributed by atoms with Gasteiger partial charge in [-0.15, -0.1) is 0 Å². The van der Waals surface area contributed by atoms with E-state index in [-0.39, 0.29) is 39.4 Å². The monoisotopic (exact) mass is 547 g/mol. The molecule has 0 saturated carbocycles. The molecule has 37 heavy (non-hydrogen) atoms. The molecular formula is C28H28CoN2O6. The van der Waals surface area contributed by atoms with Crippen LogP contribution in [0.1, 0.15) is 20.7 Å². The Bertz CT molecular complexity index is 1210. The molecule has 0 heterocycles. The van der Waals surface area contributed by atoms with Gasteiger partial charge in [0, 0.05) is 39.3 Å². The second-order valence-corrected chi connectivity index (χ2v) is 7.77. The summed E-state index contributed by atoms with van der Waals surface area (Å²) < 4.78 is 0. The van der Waals surface area contributed by atoms with Crippen LogP contribution >= 0.6 is 0 Å². The molecule has 1 radical (unpaired) electrons. The van der Waals surface area contributed by atoms with E-state index in [1.807, 2.05) is 36.4 Å². The Labute approximate surface area is 226 Å². The molecule has 0 N–H and O–H groups in total. The van der Waals surface area contributed by atoms with Crippen LogP contribution in [0.5, 0.6) is 11.5 Å². The number of amides is 2. The molecule has 8 nitrogen and oxygen atoms in total. The van der Waals surface area contributed by atoms with E-state index in [9.17, 15) is 29.4 Å². The van der Waals surface area contributed by atoms with Crippen LogP contribution < -0.4 is 10.2 Å². The molecule has 2 amide bonds. The maximum absolute atomic E-state index is 11.2. The van der Waals surface area contributed by atoms with Crippen molar-refractivity contribution in [3.63, 3.8) is 0 Å². The Balaban J connectivity index is 0.000000510. The van der Waals surface area contributed by atoms with E-state index in [1.54, 1.807) is 52.5 Å². The molecule has 0 aromatic heterocycles. The van der Waals surface area contributed by atoms with Gasteiger partial charge in [-0.2, -0.15) is 0 Å². The van der Waals surface area contributed by atoms with Crippen LogP contribution in [-0.2, 0) is 26.4 Å². The third-order valence-electron chi connectivity index (χ3n) is 4.52. The first-order valence-corrected chi connectivity index (χ1v) is 10.7. The third kappa shape index (κ3) is 10.5. The zero-order valence-electron chi connectivity index (χ0n) is 20.9. The maximum atomic E-state index is 11.2. The van der Waals surface area contributed by atoms with Crippen LogP contribution in [-0.4, -0.2) is 63.4 Å². The van der Waals surface area contributed by atoms with Gasteiger partial charge in [0.2, 0.25) is 12.8 Å². The standard InChI is InChI=1S/2C11H8O2.2C3H7NO.Co/c2*12-7-10-9-4-2-1-3-8(9)5-6-11(10)13;2*1-4(2)3-5;/h2*1-7,13H;2*3H,1-2H3;/q;;;;+2/p-2. The summed E-state index contributed by atoms with van der Waals surface area (Å²) in [6.45, 7) is 0. The van der Waals surface area contributed by atoms with E-state index < -0.39 is 0 Å². The van der Waals surface area contributed by atoms with Crippen molar-refractivity contribution in [3.8, 4) is 11.5 Å². The van der Waals surface area contributed by atoms with Gasteiger partial charge in [-0.25, -0.2) is 0 Å². The number of fused-ring (bicyclic) bond motifs is 2. The van der Waals surface area contributed by atoms with Gasteiger partial charge in [0.15, 0.2) is 0 Å². The van der Waals surface area contributed by atoms with Crippen molar-refractivity contribution in [1.82, 2.24) is 9.80 Å². The summed E-state index contributed by atoms with van der Waals surface area (Å²) in [5.74, 6) is -0.428. The van der Waals surface area contributed by atoms with Crippen LogP contribution in [0.2, 0.25) is 0 Å². The molecule has 0 unspecified atom stereocenters. The van der Waals surface area contributed by atoms with Gasteiger partial charge >= 0.3 is 16.8 Å². The molecule has 4 rings (SSSR count). The van der Waals surface area contributed by atoms with Crippen LogP contribution in [0.3, 0.4) is 0 Å². The molecule has 0 saturated heterocycles. The van der Waals surface area contributed by atoms with Crippen molar-refractivity contribution < 1.29 is 46.2 Å². The molecule has 0 aliphatic heterocycles. The largest absolute Gasteiger partial charge is 2.00 e. The van der Waals surface area contributed by atoms with Crippen LogP contribution in [0.4, 0.5) is 0 Å². The second-order valence-electron chi connectivity index (χ2n) is 7.77. The molecule has 0 fully saturated rings. The van der Waals surface area contributed by atoms with E-state index in [2.05, 4.69) is 0 Å². The number of hydrogen-bond donors (Lipinski definition) is 0. The zero-order valence-corrected chi connectivity index (χ0v) is 22.0. The molecule has 0 aliphatic carbocycles. The number of nitrogens with zero attached hydrogens (tertiary/aromatic N) is 2. The Kier molecular flexibility index (Phi) is 15.3. The summed E-state index contributed by atoms with van der Waals surface area (Å²) in [6.07, 6.45) is 2.73. The van der Waals surface area contributed by atoms with Gasteiger partial charge in [-0.05, 0) is 21.5 Å². The van der Waals surface area contributed by atoms with Crippen molar-refractivity contribution in [2.24, 2.45) is 0 Å². The van der Waals surface area contributed by atoms with Crippen molar-refractivity contribution in [3.05, 3.63) is 83.9 Å². The Hall–Kier alpha value is -4.21.